The van der Waals surface area contributed by atoms with E-state index >= 15 is 0 Å². The van der Waals surface area contributed by atoms with Gasteiger partial charge in [0.05, 0.1) is 12.3 Å². The van der Waals surface area contributed by atoms with Crippen molar-refractivity contribution in [2.45, 2.75) is 25.5 Å². The molecular formula is C25H24N4O2S2. The zero-order valence-corrected chi connectivity index (χ0v) is 20.3. The molecule has 2 heterocycles. The molecule has 0 spiro atoms. The number of aromatic nitrogens is 3. The number of nitrogens with one attached hydrogen (secondary N) is 1. The zero-order valence-electron chi connectivity index (χ0n) is 18.7. The van der Waals surface area contributed by atoms with Crippen LogP contribution in [0.3, 0.4) is 0 Å². The van der Waals surface area contributed by atoms with Gasteiger partial charge in [-0.15, -0.1) is 11.3 Å². The van der Waals surface area contributed by atoms with Crippen LogP contribution in [0.4, 0.5) is 5.82 Å². The SMILES string of the molecule is CCOC(=O)c1cnc(SC)nc1NCc1ccc(-c2nc(-c3ccc(C)cc3)cs2)cc1. The number of ether oxygens (including phenoxy) is 1. The summed E-state index contributed by atoms with van der Waals surface area (Å²) in [6, 6.07) is 16.6. The van der Waals surface area contributed by atoms with Crippen LogP contribution in [0.5, 0.6) is 0 Å². The highest BCUT2D eigenvalue weighted by Gasteiger charge is 2.16. The second-order valence-corrected chi connectivity index (χ2v) is 8.93. The van der Waals surface area contributed by atoms with E-state index in [4.69, 9.17) is 9.72 Å². The second kappa shape index (κ2) is 10.6. The summed E-state index contributed by atoms with van der Waals surface area (Å²) in [4.78, 5) is 25.7. The minimum atomic E-state index is -0.434. The maximum absolute atomic E-state index is 12.2. The molecule has 33 heavy (non-hydrogen) atoms. The van der Waals surface area contributed by atoms with Gasteiger partial charge in [-0.2, -0.15) is 0 Å². The molecule has 1 N–H and O–H groups in total. The number of anilines is 1. The topological polar surface area (TPSA) is 77.0 Å². The van der Waals surface area contributed by atoms with Crippen LogP contribution in [0, 0.1) is 6.92 Å². The van der Waals surface area contributed by atoms with Gasteiger partial charge in [0.1, 0.15) is 16.4 Å². The number of esters is 1. The minimum Gasteiger partial charge on any atom is -0.462 e. The van der Waals surface area contributed by atoms with Gasteiger partial charge in [0.25, 0.3) is 0 Å². The molecule has 0 saturated heterocycles. The molecule has 0 aliphatic heterocycles. The van der Waals surface area contributed by atoms with E-state index in [1.165, 1.54) is 23.5 Å². The fraction of sp³-hybridized carbons (Fsp3) is 0.200. The number of nitrogens with zero attached hydrogens (tertiary/aromatic N) is 3. The first-order valence-corrected chi connectivity index (χ1v) is 12.6. The molecule has 0 amide bonds. The molecule has 0 radical (unpaired) electrons. The van der Waals surface area contributed by atoms with E-state index in [-0.39, 0.29) is 0 Å². The Balaban J connectivity index is 1.47. The average Bonchev–Trinajstić information content (AvgIpc) is 3.34. The average molecular weight is 477 g/mol. The smallest absolute Gasteiger partial charge is 0.343 e. The standard InChI is InChI=1S/C25H24N4O2S2/c1-4-31-24(30)20-14-27-25(32-3)29-22(20)26-13-17-7-11-19(12-8-17)23-28-21(15-33-23)18-9-5-16(2)6-10-18/h5-12,14-15H,4,13H2,1-3H3,(H,26,27,29). The Labute approximate surface area is 201 Å². The molecule has 0 bridgehead atoms. The Morgan fingerprint density at radius 1 is 1.06 bits per heavy atom. The van der Waals surface area contributed by atoms with Crippen molar-refractivity contribution < 1.29 is 9.53 Å². The van der Waals surface area contributed by atoms with Crippen LogP contribution in [-0.2, 0) is 11.3 Å². The van der Waals surface area contributed by atoms with Gasteiger partial charge in [-0.05, 0) is 25.7 Å². The number of rotatable bonds is 8. The summed E-state index contributed by atoms with van der Waals surface area (Å²) >= 11 is 3.05. The van der Waals surface area contributed by atoms with Gasteiger partial charge in [-0.1, -0.05) is 65.9 Å². The van der Waals surface area contributed by atoms with Crippen molar-refractivity contribution in [3.8, 4) is 21.8 Å². The second-order valence-electron chi connectivity index (χ2n) is 7.29. The molecule has 0 fully saturated rings. The normalized spacial score (nSPS) is 10.8. The molecule has 0 saturated carbocycles. The molecule has 0 aliphatic carbocycles. The van der Waals surface area contributed by atoms with Crippen molar-refractivity contribution in [3.63, 3.8) is 0 Å². The highest BCUT2D eigenvalue weighted by molar-refractivity contribution is 7.98. The number of thiazole rings is 1. The fourth-order valence-electron chi connectivity index (χ4n) is 3.17. The maximum atomic E-state index is 12.2. The lowest BCUT2D eigenvalue weighted by molar-refractivity contribution is 0.0526. The largest absolute Gasteiger partial charge is 0.462 e. The van der Waals surface area contributed by atoms with Crippen LogP contribution < -0.4 is 5.32 Å². The fourth-order valence-corrected chi connectivity index (χ4v) is 4.35. The van der Waals surface area contributed by atoms with Crippen molar-refractivity contribution in [2.24, 2.45) is 0 Å². The number of carbonyl (C=O) groups excluding carboxylic acids is 1. The van der Waals surface area contributed by atoms with Gasteiger partial charge in [0, 0.05) is 29.2 Å². The summed E-state index contributed by atoms with van der Waals surface area (Å²) in [6.45, 7) is 4.67. The number of carbonyl (C=O) groups is 1. The van der Waals surface area contributed by atoms with E-state index in [0.29, 0.717) is 29.7 Å². The van der Waals surface area contributed by atoms with E-state index in [2.05, 4.69) is 76.1 Å². The lowest BCUT2D eigenvalue weighted by atomic mass is 10.1. The van der Waals surface area contributed by atoms with Crippen LogP contribution in [0.25, 0.3) is 21.8 Å². The van der Waals surface area contributed by atoms with Crippen LogP contribution in [-0.4, -0.2) is 33.8 Å². The van der Waals surface area contributed by atoms with Gasteiger partial charge in [-0.25, -0.2) is 19.7 Å². The summed E-state index contributed by atoms with van der Waals surface area (Å²) in [6.07, 6.45) is 3.40. The van der Waals surface area contributed by atoms with E-state index < -0.39 is 5.97 Å². The first-order chi connectivity index (χ1) is 16.1. The Morgan fingerprint density at radius 2 is 1.79 bits per heavy atom. The Kier molecular flexibility index (Phi) is 7.36. The monoisotopic (exact) mass is 476 g/mol. The van der Waals surface area contributed by atoms with E-state index in [0.717, 1.165) is 27.4 Å². The Hall–Kier alpha value is -3.23. The molecule has 8 heteroatoms. The van der Waals surface area contributed by atoms with Crippen LogP contribution in [0.1, 0.15) is 28.4 Å². The number of benzene rings is 2. The first kappa shape index (κ1) is 22.9. The van der Waals surface area contributed by atoms with Crippen molar-refractivity contribution in [1.82, 2.24) is 15.0 Å². The van der Waals surface area contributed by atoms with Crippen LogP contribution in [0.15, 0.2) is 65.3 Å². The summed E-state index contributed by atoms with van der Waals surface area (Å²) in [7, 11) is 0. The van der Waals surface area contributed by atoms with Gasteiger partial charge < -0.3 is 10.1 Å². The first-order valence-electron chi connectivity index (χ1n) is 10.5. The van der Waals surface area contributed by atoms with Gasteiger partial charge >= 0.3 is 5.97 Å². The van der Waals surface area contributed by atoms with Crippen molar-refractivity contribution >= 4 is 34.9 Å². The molecule has 0 unspecified atom stereocenters. The molecule has 168 valence electrons. The van der Waals surface area contributed by atoms with E-state index in [9.17, 15) is 4.79 Å². The maximum Gasteiger partial charge on any atom is 0.343 e. The minimum absolute atomic E-state index is 0.298. The summed E-state index contributed by atoms with van der Waals surface area (Å²) < 4.78 is 5.13. The van der Waals surface area contributed by atoms with E-state index in [1.54, 1.807) is 18.3 Å². The van der Waals surface area contributed by atoms with Crippen LogP contribution in [0.2, 0.25) is 0 Å². The summed E-state index contributed by atoms with van der Waals surface area (Å²) in [5.74, 6) is 0.0377. The van der Waals surface area contributed by atoms with Crippen LogP contribution >= 0.6 is 23.1 Å². The molecule has 6 nitrogen and oxygen atoms in total. The molecule has 4 aromatic rings. The third kappa shape index (κ3) is 5.58. The molecule has 4 rings (SSSR count). The molecular weight excluding hydrogens is 452 g/mol. The third-order valence-corrected chi connectivity index (χ3v) is 6.41. The zero-order chi connectivity index (χ0) is 23.2. The quantitative estimate of drug-likeness (QED) is 0.187. The molecule has 0 aliphatic rings. The number of hydrogen-bond donors (Lipinski definition) is 1. The van der Waals surface area contributed by atoms with Gasteiger partial charge in [0.15, 0.2) is 5.16 Å². The Bertz CT molecular complexity index is 1240. The molecule has 0 atom stereocenters. The number of aryl methyl sites for hydroxylation is 1. The van der Waals surface area contributed by atoms with Crippen molar-refractivity contribution in [3.05, 3.63) is 76.8 Å². The highest BCUT2D eigenvalue weighted by atomic mass is 32.2. The lowest BCUT2D eigenvalue weighted by Crippen LogP contribution is -2.12. The predicted molar refractivity (Wildman–Crippen MR) is 135 cm³/mol. The highest BCUT2D eigenvalue weighted by Crippen LogP contribution is 2.29. The Morgan fingerprint density at radius 3 is 2.48 bits per heavy atom. The summed E-state index contributed by atoms with van der Waals surface area (Å²) in [5, 5.41) is 6.92. The third-order valence-electron chi connectivity index (χ3n) is 4.96. The number of thioether (sulfide) groups is 1. The summed E-state index contributed by atoms with van der Waals surface area (Å²) in [5.41, 5.74) is 5.81. The van der Waals surface area contributed by atoms with Gasteiger partial charge in [-0.3, -0.25) is 0 Å². The van der Waals surface area contributed by atoms with Gasteiger partial charge in [0.2, 0.25) is 0 Å². The van der Waals surface area contributed by atoms with Crippen molar-refractivity contribution in [1.29, 1.82) is 0 Å². The van der Waals surface area contributed by atoms with Crippen molar-refractivity contribution in [2.75, 3.05) is 18.2 Å². The van der Waals surface area contributed by atoms with E-state index in [1.807, 2.05) is 6.26 Å². The molecule has 2 aromatic carbocycles. The number of hydrogen-bond acceptors (Lipinski definition) is 8. The molecule has 2 aromatic heterocycles. The lowest BCUT2D eigenvalue weighted by Gasteiger charge is -2.11. The predicted octanol–water partition coefficient (Wildman–Crippen LogP) is 6.09.